The van der Waals surface area contributed by atoms with E-state index in [9.17, 15) is 0 Å². The number of nitrogens with zero attached hydrogens (tertiary/aromatic N) is 5. The first kappa shape index (κ1) is 27.1. The van der Waals surface area contributed by atoms with E-state index in [1.165, 1.54) is 32.6 Å². The van der Waals surface area contributed by atoms with E-state index in [4.69, 9.17) is 14.7 Å². The van der Waals surface area contributed by atoms with Crippen molar-refractivity contribution in [2.75, 3.05) is 0 Å². The molecule has 0 aliphatic carbocycles. The van der Waals surface area contributed by atoms with Crippen LogP contribution >= 0.6 is 0 Å². The number of fused-ring (bicyclic) bond motifs is 13. The fourth-order valence-corrected chi connectivity index (χ4v) is 7.95. The Bertz CT molecular complexity index is 3120. The number of rotatable bonds is 4. The van der Waals surface area contributed by atoms with Crippen LogP contribution in [0.15, 0.2) is 164 Å². The van der Waals surface area contributed by atoms with Crippen molar-refractivity contribution in [1.29, 1.82) is 0 Å². The molecule has 0 N–H and O–H groups in total. The predicted octanol–water partition coefficient (Wildman–Crippen LogP) is 11.0. The Hall–Kier alpha value is -6.92. The fraction of sp³-hybridized carbons (Fsp3) is 0. The molecule has 0 amide bonds. The number of pyridine rings is 2. The van der Waals surface area contributed by atoms with Crippen molar-refractivity contribution in [2.24, 2.45) is 0 Å². The van der Waals surface area contributed by atoms with Crippen LogP contribution < -0.4 is 4.74 Å². The van der Waals surface area contributed by atoms with Gasteiger partial charge in [-0.3, -0.25) is 8.97 Å². The van der Waals surface area contributed by atoms with Crippen LogP contribution in [0.3, 0.4) is 0 Å². The number of aromatic nitrogens is 5. The minimum Gasteiger partial charge on any atom is -0.457 e. The second-order valence-electron chi connectivity index (χ2n) is 12.7. The van der Waals surface area contributed by atoms with Gasteiger partial charge in [-0.1, -0.05) is 60.7 Å². The minimum absolute atomic E-state index is 0.750. The highest BCUT2D eigenvalue weighted by molar-refractivity contribution is 6.29. The van der Waals surface area contributed by atoms with Gasteiger partial charge < -0.3 is 9.30 Å². The number of para-hydroxylation sites is 3. The van der Waals surface area contributed by atoms with E-state index in [1.807, 2.05) is 30.7 Å². The third-order valence-corrected chi connectivity index (χ3v) is 9.99. The maximum absolute atomic E-state index is 6.66. The maximum Gasteiger partial charge on any atom is 0.145 e. The van der Waals surface area contributed by atoms with E-state index in [2.05, 4.69) is 147 Å². The van der Waals surface area contributed by atoms with E-state index in [1.54, 1.807) is 0 Å². The Kier molecular flexibility index (Phi) is 5.57. The van der Waals surface area contributed by atoms with Gasteiger partial charge in [-0.25, -0.2) is 9.97 Å². The molecule has 234 valence electrons. The Morgan fingerprint density at radius 2 is 1.10 bits per heavy atom. The molecule has 0 saturated carbocycles. The predicted molar refractivity (Wildman–Crippen MR) is 203 cm³/mol. The molecule has 6 nitrogen and oxygen atoms in total. The molecule has 0 aliphatic rings. The van der Waals surface area contributed by atoms with Crippen LogP contribution in [0.1, 0.15) is 0 Å². The molecule has 11 aromatic rings. The lowest BCUT2D eigenvalue weighted by molar-refractivity contribution is 0.484. The van der Waals surface area contributed by atoms with Gasteiger partial charge in [0.2, 0.25) is 0 Å². The highest BCUT2D eigenvalue weighted by Gasteiger charge is 2.21. The first-order valence-electron chi connectivity index (χ1n) is 16.7. The molecule has 0 atom stereocenters. The third kappa shape index (κ3) is 3.78. The second kappa shape index (κ2) is 10.3. The molecule has 0 saturated heterocycles. The monoisotopic (exact) mass is 641 g/mol. The van der Waals surface area contributed by atoms with Gasteiger partial charge in [0.1, 0.15) is 23.0 Å². The standard InChI is InChI=1S/C44H27N5O/c1-2-10-28(11-3-1)48-37-15-7-5-13-33(37)42-38(48)21-22-39-43(42)34-20-18-30(27-40(34)49(39)41-16-8-9-23-45-41)50-29-17-19-31-32-12-4-6-14-36(32)47-25-24-46-44(47)35(31)26-29/h1-27H. The van der Waals surface area contributed by atoms with Gasteiger partial charge >= 0.3 is 0 Å². The summed E-state index contributed by atoms with van der Waals surface area (Å²) in [7, 11) is 0. The van der Waals surface area contributed by atoms with Crippen LogP contribution in [0.25, 0.3) is 82.4 Å². The first-order chi connectivity index (χ1) is 24.8. The van der Waals surface area contributed by atoms with Crippen LogP contribution in [0.2, 0.25) is 0 Å². The number of imidazole rings is 1. The number of hydrogen-bond acceptors (Lipinski definition) is 3. The zero-order chi connectivity index (χ0) is 32.8. The van der Waals surface area contributed by atoms with Crippen molar-refractivity contribution in [3.63, 3.8) is 0 Å². The molecule has 0 unspecified atom stereocenters. The Morgan fingerprint density at radius 1 is 0.420 bits per heavy atom. The summed E-state index contributed by atoms with van der Waals surface area (Å²) in [6.45, 7) is 0. The lowest BCUT2D eigenvalue weighted by atomic mass is 10.1. The highest BCUT2D eigenvalue weighted by Crippen LogP contribution is 2.43. The van der Waals surface area contributed by atoms with Crippen LogP contribution in [0.5, 0.6) is 11.5 Å². The van der Waals surface area contributed by atoms with Gasteiger partial charge in [0.15, 0.2) is 0 Å². The second-order valence-corrected chi connectivity index (χ2v) is 12.7. The number of benzene rings is 6. The van der Waals surface area contributed by atoms with Gasteiger partial charge in [0, 0.05) is 62.7 Å². The molecule has 6 aromatic carbocycles. The van der Waals surface area contributed by atoms with E-state index < -0.39 is 0 Å². The topological polar surface area (TPSA) is 49.3 Å². The summed E-state index contributed by atoms with van der Waals surface area (Å²) in [4.78, 5) is 9.54. The summed E-state index contributed by atoms with van der Waals surface area (Å²) in [6, 6.07) is 51.0. The van der Waals surface area contributed by atoms with E-state index in [0.29, 0.717) is 0 Å². The lowest BCUT2D eigenvalue weighted by Crippen LogP contribution is -1.97. The van der Waals surface area contributed by atoms with Crippen LogP contribution in [0.4, 0.5) is 0 Å². The Morgan fingerprint density at radius 3 is 1.92 bits per heavy atom. The quantitative estimate of drug-likeness (QED) is 0.180. The first-order valence-corrected chi connectivity index (χ1v) is 16.7. The molecule has 0 spiro atoms. The van der Waals surface area contributed by atoms with Gasteiger partial charge in [-0.2, -0.15) is 0 Å². The summed E-state index contributed by atoms with van der Waals surface area (Å²) in [5, 5.41) is 8.15. The Labute approximate surface area is 285 Å². The van der Waals surface area contributed by atoms with Crippen molar-refractivity contribution in [2.45, 2.75) is 0 Å². The minimum atomic E-state index is 0.750. The van der Waals surface area contributed by atoms with Crippen LogP contribution in [-0.2, 0) is 0 Å². The fourth-order valence-electron chi connectivity index (χ4n) is 7.95. The molecule has 5 heterocycles. The van der Waals surface area contributed by atoms with Gasteiger partial charge in [-0.05, 0) is 84.2 Å². The summed E-state index contributed by atoms with van der Waals surface area (Å²) in [5.74, 6) is 2.36. The largest absolute Gasteiger partial charge is 0.457 e. The summed E-state index contributed by atoms with van der Waals surface area (Å²) < 4.78 is 13.4. The number of hydrogen-bond donors (Lipinski definition) is 0. The molecule has 0 bridgehead atoms. The molecule has 0 fully saturated rings. The molecule has 0 radical (unpaired) electrons. The lowest BCUT2D eigenvalue weighted by Gasteiger charge is -2.11. The molecular formula is C44H27N5O. The average Bonchev–Trinajstić information content (AvgIpc) is 3.89. The van der Waals surface area contributed by atoms with Crippen molar-refractivity contribution in [3.8, 4) is 23.0 Å². The molecule has 5 aromatic heterocycles. The van der Waals surface area contributed by atoms with Crippen molar-refractivity contribution in [3.05, 3.63) is 164 Å². The zero-order valence-electron chi connectivity index (χ0n) is 26.7. The van der Waals surface area contributed by atoms with Crippen LogP contribution in [0, 0.1) is 0 Å². The summed E-state index contributed by atoms with van der Waals surface area (Å²) >= 11 is 0. The molecule has 50 heavy (non-hydrogen) atoms. The molecule has 0 aliphatic heterocycles. The molecular weight excluding hydrogens is 615 g/mol. The Balaban J connectivity index is 1.15. The van der Waals surface area contributed by atoms with Crippen molar-refractivity contribution in [1.82, 2.24) is 23.5 Å². The van der Waals surface area contributed by atoms with E-state index in [-0.39, 0.29) is 0 Å². The number of ether oxygens (including phenoxy) is 1. The smallest absolute Gasteiger partial charge is 0.145 e. The van der Waals surface area contributed by atoms with Crippen LogP contribution in [-0.4, -0.2) is 23.5 Å². The summed E-state index contributed by atoms with van der Waals surface area (Å²) in [5.41, 5.74) is 7.65. The normalized spacial score (nSPS) is 12.0. The van der Waals surface area contributed by atoms with Crippen molar-refractivity contribution < 1.29 is 4.74 Å². The van der Waals surface area contributed by atoms with E-state index >= 15 is 0 Å². The average molecular weight is 642 g/mol. The molecule has 11 rings (SSSR count). The summed E-state index contributed by atoms with van der Waals surface area (Å²) in [6.07, 6.45) is 5.72. The van der Waals surface area contributed by atoms with Gasteiger partial charge in [-0.15, -0.1) is 0 Å². The van der Waals surface area contributed by atoms with E-state index in [0.717, 1.165) is 61.4 Å². The highest BCUT2D eigenvalue weighted by atomic mass is 16.5. The maximum atomic E-state index is 6.66. The van der Waals surface area contributed by atoms with Crippen molar-refractivity contribution >= 4 is 70.9 Å². The third-order valence-electron chi connectivity index (χ3n) is 9.99. The zero-order valence-corrected chi connectivity index (χ0v) is 26.7. The van der Waals surface area contributed by atoms with Gasteiger partial charge in [0.05, 0.1) is 27.6 Å². The SMILES string of the molecule is c1ccc(-n2c3ccccc3c3c4c5ccc(Oc6ccc7c8ccccc8n8ccnc8c7c6)cc5n(-c5ccccn5)c4ccc32)cc1. The molecule has 6 heteroatoms. The van der Waals surface area contributed by atoms with Gasteiger partial charge in [0.25, 0.3) is 0 Å².